The Bertz CT molecular complexity index is 386. The van der Waals surface area contributed by atoms with Gasteiger partial charge in [0, 0.05) is 29.1 Å². The first-order valence-corrected chi connectivity index (χ1v) is 6.79. The summed E-state index contributed by atoms with van der Waals surface area (Å²) in [6, 6.07) is 5.03. The van der Waals surface area contributed by atoms with Crippen molar-refractivity contribution in [3.8, 4) is 0 Å². The van der Waals surface area contributed by atoms with Crippen molar-refractivity contribution in [3.05, 3.63) is 34.1 Å². The summed E-state index contributed by atoms with van der Waals surface area (Å²) in [5.74, 6) is 0.181. The standard InChI is InChI=1S/C13H17BrFNO/c1-2-16-8-9-5-6-17-13(9)11-7-10(14)3-4-12(11)15/h3-4,7,9,13,16H,2,5-6,8H2,1H3. The van der Waals surface area contributed by atoms with Crippen molar-refractivity contribution in [1.29, 1.82) is 0 Å². The Labute approximate surface area is 110 Å². The smallest absolute Gasteiger partial charge is 0.129 e. The first kappa shape index (κ1) is 13.0. The van der Waals surface area contributed by atoms with Gasteiger partial charge in [-0.05, 0) is 31.2 Å². The van der Waals surface area contributed by atoms with E-state index in [0.717, 1.165) is 24.0 Å². The topological polar surface area (TPSA) is 21.3 Å². The van der Waals surface area contributed by atoms with Crippen LogP contribution in [-0.4, -0.2) is 19.7 Å². The summed E-state index contributed by atoms with van der Waals surface area (Å²) in [7, 11) is 0. The van der Waals surface area contributed by atoms with Gasteiger partial charge in [0.1, 0.15) is 5.82 Å². The Kier molecular flexibility index (Phi) is 4.54. The van der Waals surface area contributed by atoms with Crippen molar-refractivity contribution >= 4 is 15.9 Å². The minimum Gasteiger partial charge on any atom is -0.373 e. The molecule has 0 radical (unpaired) electrons. The number of benzene rings is 1. The summed E-state index contributed by atoms with van der Waals surface area (Å²) in [6.45, 7) is 4.61. The molecule has 1 aliphatic heterocycles. The maximum absolute atomic E-state index is 13.8. The van der Waals surface area contributed by atoms with Crippen LogP contribution in [0.15, 0.2) is 22.7 Å². The number of ether oxygens (including phenoxy) is 1. The van der Waals surface area contributed by atoms with Crippen molar-refractivity contribution in [1.82, 2.24) is 5.32 Å². The zero-order chi connectivity index (χ0) is 12.3. The second kappa shape index (κ2) is 5.94. The van der Waals surface area contributed by atoms with Crippen molar-refractivity contribution < 1.29 is 9.13 Å². The highest BCUT2D eigenvalue weighted by Gasteiger charge is 2.31. The monoisotopic (exact) mass is 301 g/mol. The average molecular weight is 302 g/mol. The molecule has 0 bridgehead atoms. The van der Waals surface area contributed by atoms with Gasteiger partial charge in [-0.3, -0.25) is 0 Å². The minimum atomic E-state index is -0.179. The van der Waals surface area contributed by atoms with Crippen molar-refractivity contribution in [3.63, 3.8) is 0 Å². The van der Waals surface area contributed by atoms with Gasteiger partial charge in [0.2, 0.25) is 0 Å². The van der Waals surface area contributed by atoms with Gasteiger partial charge in [-0.2, -0.15) is 0 Å². The van der Waals surface area contributed by atoms with Crippen LogP contribution in [-0.2, 0) is 4.74 Å². The Hall–Kier alpha value is -0.450. The zero-order valence-corrected chi connectivity index (χ0v) is 11.5. The number of hydrogen-bond donors (Lipinski definition) is 1. The molecule has 94 valence electrons. The Morgan fingerprint density at radius 3 is 3.12 bits per heavy atom. The molecule has 17 heavy (non-hydrogen) atoms. The van der Waals surface area contributed by atoms with E-state index in [4.69, 9.17) is 4.74 Å². The maximum Gasteiger partial charge on any atom is 0.129 e. The summed E-state index contributed by atoms with van der Waals surface area (Å²) in [4.78, 5) is 0. The van der Waals surface area contributed by atoms with E-state index in [9.17, 15) is 4.39 Å². The molecule has 0 saturated carbocycles. The molecular formula is C13H17BrFNO. The Morgan fingerprint density at radius 2 is 2.35 bits per heavy atom. The van der Waals surface area contributed by atoms with E-state index in [1.807, 2.05) is 6.07 Å². The second-order valence-electron chi connectivity index (χ2n) is 4.31. The second-order valence-corrected chi connectivity index (χ2v) is 5.23. The molecule has 2 rings (SSSR count). The van der Waals surface area contributed by atoms with Gasteiger partial charge in [-0.25, -0.2) is 4.39 Å². The fraction of sp³-hybridized carbons (Fsp3) is 0.538. The number of hydrogen-bond acceptors (Lipinski definition) is 2. The maximum atomic E-state index is 13.8. The van der Waals surface area contributed by atoms with Gasteiger partial charge < -0.3 is 10.1 Å². The molecule has 1 N–H and O–H groups in total. The molecule has 1 saturated heterocycles. The van der Waals surface area contributed by atoms with Crippen LogP contribution >= 0.6 is 15.9 Å². The fourth-order valence-corrected chi connectivity index (χ4v) is 2.63. The minimum absolute atomic E-state index is 0.119. The van der Waals surface area contributed by atoms with E-state index in [1.54, 1.807) is 6.07 Å². The molecule has 1 fully saturated rings. The molecule has 1 aliphatic rings. The molecule has 2 unspecified atom stereocenters. The Morgan fingerprint density at radius 1 is 1.53 bits per heavy atom. The summed E-state index contributed by atoms with van der Waals surface area (Å²) >= 11 is 3.38. The average Bonchev–Trinajstić information content (AvgIpc) is 2.77. The highest BCUT2D eigenvalue weighted by atomic mass is 79.9. The molecule has 1 heterocycles. The van der Waals surface area contributed by atoms with Crippen molar-refractivity contribution in [2.45, 2.75) is 19.4 Å². The summed E-state index contributed by atoms with van der Waals surface area (Å²) in [5.41, 5.74) is 0.666. The molecule has 2 atom stereocenters. The number of nitrogens with one attached hydrogen (secondary N) is 1. The van der Waals surface area contributed by atoms with Crippen molar-refractivity contribution in [2.24, 2.45) is 5.92 Å². The zero-order valence-electron chi connectivity index (χ0n) is 9.88. The van der Waals surface area contributed by atoms with E-state index in [1.165, 1.54) is 6.07 Å². The lowest BCUT2D eigenvalue weighted by Gasteiger charge is -2.19. The Balaban J connectivity index is 2.16. The van der Waals surface area contributed by atoms with E-state index < -0.39 is 0 Å². The van der Waals surface area contributed by atoms with Gasteiger partial charge in [0.05, 0.1) is 6.10 Å². The van der Waals surface area contributed by atoms with E-state index in [2.05, 4.69) is 28.2 Å². The quantitative estimate of drug-likeness (QED) is 0.921. The van der Waals surface area contributed by atoms with E-state index >= 15 is 0 Å². The van der Waals surface area contributed by atoms with Gasteiger partial charge in [-0.15, -0.1) is 0 Å². The van der Waals surface area contributed by atoms with Crippen LogP contribution in [0.2, 0.25) is 0 Å². The third-order valence-electron chi connectivity index (χ3n) is 3.14. The lowest BCUT2D eigenvalue weighted by atomic mass is 9.95. The molecule has 0 aliphatic carbocycles. The van der Waals surface area contributed by atoms with Crippen LogP contribution in [0.3, 0.4) is 0 Å². The first-order chi connectivity index (χ1) is 8.22. The third kappa shape index (κ3) is 3.06. The van der Waals surface area contributed by atoms with E-state index in [0.29, 0.717) is 18.1 Å². The normalized spacial score (nSPS) is 24.2. The lowest BCUT2D eigenvalue weighted by Crippen LogP contribution is -2.25. The highest BCUT2D eigenvalue weighted by molar-refractivity contribution is 9.10. The molecule has 0 aromatic heterocycles. The number of rotatable bonds is 4. The SMILES string of the molecule is CCNCC1CCOC1c1cc(Br)ccc1F. The molecule has 2 nitrogen and oxygen atoms in total. The predicted octanol–water partition coefficient (Wildman–Crippen LogP) is 3.28. The van der Waals surface area contributed by atoms with E-state index in [-0.39, 0.29) is 11.9 Å². The first-order valence-electron chi connectivity index (χ1n) is 5.99. The van der Waals surface area contributed by atoms with Crippen LogP contribution in [0.4, 0.5) is 4.39 Å². The predicted molar refractivity (Wildman–Crippen MR) is 69.4 cm³/mol. The lowest BCUT2D eigenvalue weighted by molar-refractivity contribution is 0.0876. The summed E-state index contributed by atoms with van der Waals surface area (Å²) < 4.78 is 20.4. The molecule has 0 amide bonds. The molecule has 1 aromatic rings. The third-order valence-corrected chi connectivity index (χ3v) is 3.63. The fourth-order valence-electron chi connectivity index (χ4n) is 2.25. The van der Waals surface area contributed by atoms with Crippen LogP contribution in [0.5, 0.6) is 0 Å². The van der Waals surface area contributed by atoms with Gasteiger partial charge in [-0.1, -0.05) is 22.9 Å². The summed E-state index contributed by atoms with van der Waals surface area (Å²) in [6.07, 6.45) is 0.871. The van der Waals surface area contributed by atoms with Gasteiger partial charge >= 0.3 is 0 Å². The van der Waals surface area contributed by atoms with Crippen LogP contribution < -0.4 is 5.32 Å². The number of halogens is 2. The molecular weight excluding hydrogens is 285 g/mol. The molecule has 0 spiro atoms. The van der Waals surface area contributed by atoms with Crippen LogP contribution in [0.25, 0.3) is 0 Å². The van der Waals surface area contributed by atoms with Crippen LogP contribution in [0, 0.1) is 11.7 Å². The summed E-state index contributed by atoms with van der Waals surface area (Å²) in [5, 5.41) is 3.31. The molecule has 1 aromatic carbocycles. The van der Waals surface area contributed by atoms with Crippen molar-refractivity contribution in [2.75, 3.05) is 19.7 Å². The van der Waals surface area contributed by atoms with Gasteiger partial charge in [0.25, 0.3) is 0 Å². The van der Waals surface area contributed by atoms with Crippen LogP contribution in [0.1, 0.15) is 25.0 Å². The largest absolute Gasteiger partial charge is 0.373 e. The highest BCUT2D eigenvalue weighted by Crippen LogP contribution is 2.36. The molecule has 4 heteroatoms. The van der Waals surface area contributed by atoms with Gasteiger partial charge in [0.15, 0.2) is 0 Å².